The van der Waals surface area contributed by atoms with E-state index in [9.17, 15) is 4.79 Å². The number of nitrogens with zero attached hydrogens (tertiary/aromatic N) is 1. The summed E-state index contributed by atoms with van der Waals surface area (Å²) in [5, 5.41) is 3.77. The summed E-state index contributed by atoms with van der Waals surface area (Å²) in [5.41, 5.74) is 1.88. The zero-order chi connectivity index (χ0) is 16.8. The molecule has 0 saturated heterocycles. The van der Waals surface area contributed by atoms with E-state index in [1.54, 1.807) is 18.2 Å². The zero-order valence-corrected chi connectivity index (χ0v) is 14.9. The minimum absolute atomic E-state index is 0.130. The molecule has 2 rings (SSSR count). The summed E-state index contributed by atoms with van der Waals surface area (Å²) in [4.78, 5) is 12.1. The molecule has 0 aliphatic heterocycles. The number of rotatable bonds is 6. The molecule has 0 atom stereocenters. The lowest BCUT2D eigenvalue weighted by Crippen LogP contribution is -2.39. The third-order valence-corrected chi connectivity index (χ3v) is 4.45. The van der Waals surface area contributed by atoms with Gasteiger partial charge in [-0.05, 0) is 42.5 Å². The van der Waals surface area contributed by atoms with Gasteiger partial charge in [0.2, 0.25) is 6.54 Å². The van der Waals surface area contributed by atoms with Crippen molar-refractivity contribution in [3.8, 4) is 0 Å². The maximum Gasteiger partial charge on any atom is 0.290 e. The number of pyridine rings is 1. The maximum absolute atomic E-state index is 12.1. The standard InChI is InChI=1S/C18H20Cl2N2O/c1-3-13(4-2)14-7-9-22(10-8-14)12-18(23)21-17-6-5-15(19)11-16(17)20/h5-11,13H,3-4,12H2,1-2H3/p+1. The molecule has 0 fully saturated rings. The number of amides is 1. The molecular weight excluding hydrogens is 331 g/mol. The van der Waals surface area contributed by atoms with Crippen molar-refractivity contribution >= 4 is 34.8 Å². The van der Waals surface area contributed by atoms with Crippen LogP contribution < -0.4 is 9.88 Å². The number of halogens is 2. The lowest BCUT2D eigenvalue weighted by atomic mass is 9.95. The number of nitrogens with one attached hydrogen (secondary N) is 1. The number of hydrogen-bond acceptors (Lipinski definition) is 1. The van der Waals surface area contributed by atoms with E-state index in [-0.39, 0.29) is 12.5 Å². The molecule has 1 aromatic heterocycles. The van der Waals surface area contributed by atoms with Crippen molar-refractivity contribution in [3.05, 3.63) is 58.3 Å². The third kappa shape index (κ3) is 4.95. The maximum atomic E-state index is 12.1. The van der Waals surface area contributed by atoms with E-state index in [4.69, 9.17) is 23.2 Å². The second-order valence-corrected chi connectivity index (χ2v) is 6.33. The summed E-state index contributed by atoms with van der Waals surface area (Å²) in [6.45, 7) is 4.62. The zero-order valence-electron chi connectivity index (χ0n) is 13.4. The fourth-order valence-corrected chi connectivity index (χ4v) is 3.01. The van der Waals surface area contributed by atoms with Gasteiger partial charge in [-0.1, -0.05) is 37.0 Å². The molecule has 0 bridgehead atoms. The second kappa shape index (κ2) is 8.32. The molecule has 1 aromatic carbocycles. The second-order valence-electron chi connectivity index (χ2n) is 5.49. The smallest absolute Gasteiger partial charge is 0.290 e. The van der Waals surface area contributed by atoms with Gasteiger partial charge in [-0.15, -0.1) is 0 Å². The van der Waals surface area contributed by atoms with E-state index >= 15 is 0 Å². The highest BCUT2D eigenvalue weighted by Gasteiger charge is 2.13. The highest BCUT2D eigenvalue weighted by Crippen LogP contribution is 2.25. The van der Waals surface area contributed by atoms with Crippen molar-refractivity contribution in [2.45, 2.75) is 39.2 Å². The van der Waals surface area contributed by atoms with E-state index in [0.29, 0.717) is 21.7 Å². The topological polar surface area (TPSA) is 33.0 Å². The summed E-state index contributed by atoms with van der Waals surface area (Å²) in [6.07, 6.45) is 6.12. The van der Waals surface area contributed by atoms with Gasteiger partial charge in [-0.2, -0.15) is 4.57 Å². The van der Waals surface area contributed by atoms with E-state index in [1.165, 1.54) is 5.56 Å². The monoisotopic (exact) mass is 351 g/mol. The molecule has 1 N–H and O–H groups in total. The van der Waals surface area contributed by atoms with Crippen LogP contribution in [0.1, 0.15) is 38.2 Å². The van der Waals surface area contributed by atoms with Crippen LogP contribution in [0.4, 0.5) is 5.69 Å². The lowest BCUT2D eigenvalue weighted by Gasteiger charge is -2.11. The first-order valence-corrected chi connectivity index (χ1v) is 8.53. The molecule has 2 aromatic rings. The molecule has 0 saturated carbocycles. The highest BCUT2D eigenvalue weighted by atomic mass is 35.5. The van der Waals surface area contributed by atoms with Crippen LogP contribution in [-0.4, -0.2) is 5.91 Å². The van der Waals surface area contributed by atoms with E-state index < -0.39 is 0 Å². The first kappa shape index (κ1) is 17.8. The van der Waals surface area contributed by atoms with Crippen molar-refractivity contribution in [2.75, 3.05) is 5.32 Å². The summed E-state index contributed by atoms with van der Waals surface area (Å²) >= 11 is 11.9. The molecule has 0 aliphatic carbocycles. The van der Waals surface area contributed by atoms with Gasteiger partial charge in [0, 0.05) is 17.2 Å². The Morgan fingerprint density at radius 2 is 1.78 bits per heavy atom. The van der Waals surface area contributed by atoms with Crippen LogP contribution in [0.5, 0.6) is 0 Å². The van der Waals surface area contributed by atoms with Gasteiger partial charge >= 0.3 is 0 Å². The fourth-order valence-electron chi connectivity index (χ4n) is 2.55. The summed E-state index contributed by atoms with van der Waals surface area (Å²) in [6, 6.07) is 9.17. The van der Waals surface area contributed by atoms with Crippen LogP contribution in [0, 0.1) is 0 Å². The lowest BCUT2D eigenvalue weighted by molar-refractivity contribution is -0.684. The van der Waals surface area contributed by atoms with Gasteiger partial charge in [0.15, 0.2) is 12.4 Å². The number of hydrogen-bond donors (Lipinski definition) is 1. The first-order chi connectivity index (χ1) is 11.0. The minimum atomic E-state index is -0.130. The predicted molar refractivity (Wildman–Crippen MR) is 95.1 cm³/mol. The number of carbonyl (C=O) groups is 1. The normalized spacial score (nSPS) is 10.8. The molecule has 0 radical (unpaired) electrons. The Morgan fingerprint density at radius 3 is 2.35 bits per heavy atom. The molecule has 0 aliphatic rings. The van der Waals surface area contributed by atoms with Crippen LogP contribution >= 0.6 is 23.2 Å². The van der Waals surface area contributed by atoms with Gasteiger partial charge < -0.3 is 5.32 Å². The molecule has 122 valence electrons. The van der Waals surface area contributed by atoms with Crippen molar-refractivity contribution in [1.29, 1.82) is 0 Å². The molecule has 3 nitrogen and oxygen atoms in total. The molecule has 0 spiro atoms. The van der Waals surface area contributed by atoms with Gasteiger partial charge in [-0.3, -0.25) is 4.79 Å². The molecule has 1 amide bonds. The molecule has 23 heavy (non-hydrogen) atoms. The predicted octanol–water partition coefficient (Wildman–Crippen LogP) is 4.82. The third-order valence-electron chi connectivity index (χ3n) is 3.91. The number of benzene rings is 1. The number of carbonyl (C=O) groups excluding carboxylic acids is 1. The Bertz CT molecular complexity index is 667. The quantitative estimate of drug-likeness (QED) is 0.743. The van der Waals surface area contributed by atoms with Crippen LogP contribution in [-0.2, 0) is 11.3 Å². The van der Waals surface area contributed by atoms with Crippen LogP contribution in [0.2, 0.25) is 10.0 Å². The number of anilines is 1. The summed E-state index contributed by atoms with van der Waals surface area (Å²) in [7, 11) is 0. The van der Waals surface area contributed by atoms with Crippen molar-refractivity contribution in [2.24, 2.45) is 0 Å². The van der Waals surface area contributed by atoms with Crippen LogP contribution in [0.3, 0.4) is 0 Å². The Kier molecular flexibility index (Phi) is 6.43. The fraction of sp³-hybridized carbons (Fsp3) is 0.333. The Morgan fingerprint density at radius 1 is 1.13 bits per heavy atom. The van der Waals surface area contributed by atoms with Gasteiger partial charge in [0.1, 0.15) is 0 Å². The van der Waals surface area contributed by atoms with Crippen LogP contribution in [0.15, 0.2) is 42.7 Å². The van der Waals surface area contributed by atoms with E-state index in [0.717, 1.165) is 12.8 Å². The Labute approximate surface area is 147 Å². The van der Waals surface area contributed by atoms with Crippen molar-refractivity contribution in [3.63, 3.8) is 0 Å². The van der Waals surface area contributed by atoms with Gasteiger partial charge in [0.25, 0.3) is 5.91 Å². The first-order valence-electron chi connectivity index (χ1n) is 7.77. The van der Waals surface area contributed by atoms with Gasteiger partial charge in [0.05, 0.1) is 10.7 Å². The largest absolute Gasteiger partial charge is 0.319 e. The van der Waals surface area contributed by atoms with Crippen molar-refractivity contribution < 1.29 is 9.36 Å². The molecule has 1 heterocycles. The molecular formula is C18H21Cl2N2O+. The average Bonchev–Trinajstić information content (AvgIpc) is 2.53. The van der Waals surface area contributed by atoms with Crippen LogP contribution in [0.25, 0.3) is 0 Å². The van der Waals surface area contributed by atoms with Gasteiger partial charge in [-0.25, -0.2) is 0 Å². The minimum Gasteiger partial charge on any atom is -0.319 e. The molecule has 5 heteroatoms. The van der Waals surface area contributed by atoms with Crippen molar-refractivity contribution in [1.82, 2.24) is 0 Å². The SMILES string of the molecule is CCC(CC)c1cc[n+](CC(=O)Nc2ccc(Cl)cc2Cl)cc1. The molecule has 0 unspecified atom stereocenters. The Hall–Kier alpha value is -1.58. The average molecular weight is 352 g/mol. The Balaban J connectivity index is 2.00. The highest BCUT2D eigenvalue weighted by molar-refractivity contribution is 6.36. The van der Waals surface area contributed by atoms with E-state index in [1.807, 2.05) is 17.0 Å². The van der Waals surface area contributed by atoms with E-state index in [2.05, 4.69) is 31.3 Å². The summed E-state index contributed by atoms with van der Waals surface area (Å²) in [5.74, 6) is 0.445. The summed E-state index contributed by atoms with van der Waals surface area (Å²) < 4.78 is 1.85. The number of aromatic nitrogens is 1.